The summed E-state index contributed by atoms with van der Waals surface area (Å²) in [5.74, 6) is -0.274. The van der Waals surface area contributed by atoms with E-state index in [0.717, 1.165) is 5.56 Å². The number of nitrogens with zero attached hydrogens (tertiary/aromatic N) is 5. The van der Waals surface area contributed by atoms with Crippen LogP contribution in [0.1, 0.15) is 47.2 Å². The average Bonchev–Trinajstić information content (AvgIpc) is 3.49. The predicted octanol–water partition coefficient (Wildman–Crippen LogP) is 4.98. The number of hydrogen-bond donors (Lipinski definition) is 2. The van der Waals surface area contributed by atoms with Crippen molar-refractivity contribution in [2.75, 3.05) is 23.1 Å². The summed E-state index contributed by atoms with van der Waals surface area (Å²) in [4.78, 5) is 43.3. The number of benzene rings is 2. The van der Waals surface area contributed by atoms with E-state index < -0.39 is 17.4 Å². The fourth-order valence-electron chi connectivity index (χ4n) is 5.51. The molecule has 2 aliphatic heterocycles. The van der Waals surface area contributed by atoms with Crippen LogP contribution in [0.5, 0.6) is 5.88 Å². The number of anilines is 3. The molecular weight excluding hydrogens is 541 g/mol. The van der Waals surface area contributed by atoms with E-state index in [1.165, 1.54) is 18.2 Å². The zero-order valence-electron chi connectivity index (χ0n) is 21.4. The van der Waals surface area contributed by atoms with Crippen molar-refractivity contribution >= 4 is 52.3 Å². The maximum absolute atomic E-state index is 14.4. The molecular formula is C27H23Cl2N7O3. The minimum atomic E-state index is -1.60. The van der Waals surface area contributed by atoms with Crippen molar-refractivity contribution in [1.29, 1.82) is 0 Å². The second-order valence-corrected chi connectivity index (χ2v) is 10.5. The molecule has 0 fully saturated rings. The smallest absolute Gasteiger partial charge is 0.280 e. The Balaban J connectivity index is 1.74. The summed E-state index contributed by atoms with van der Waals surface area (Å²) >= 11 is 12.7. The lowest BCUT2D eigenvalue weighted by atomic mass is 9.86. The number of fused-ring (bicyclic) bond motifs is 4. The van der Waals surface area contributed by atoms with E-state index in [1.807, 2.05) is 31.4 Å². The number of nitrogens with one attached hydrogen (secondary N) is 1. The summed E-state index contributed by atoms with van der Waals surface area (Å²) < 4.78 is 7.34. The van der Waals surface area contributed by atoms with Gasteiger partial charge in [-0.2, -0.15) is 4.98 Å². The minimum absolute atomic E-state index is 0.0296. The highest BCUT2D eigenvalue weighted by molar-refractivity contribution is 6.32. The van der Waals surface area contributed by atoms with E-state index in [0.29, 0.717) is 44.1 Å². The summed E-state index contributed by atoms with van der Waals surface area (Å²) in [5, 5.41) is 3.83. The molecule has 10 nitrogen and oxygen atoms in total. The average molecular weight is 564 g/mol. The normalized spacial score (nSPS) is 17.7. The van der Waals surface area contributed by atoms with Gasteiger partial charge in [-0.1, -0.05) is 35.3 Å². The number of amides is 2. The first-order valence-corrected chi connectivity index (χ1v) is 12.9. The highest BCUT2D eigenvalue weighted by Crippen LogP contribution is 2.55. The van der Waals surface area contributed by atoms with Crippen LogP contribution in [0.15, 0.2) is 42.6 Å². The number of methoxy groups -OCH3 is 1. The molecule has 4 aromatic rings. The molecule has 0 bridgehead atoms. The van der Waals surface area contributed by atoms with E-state index >= 15 is 0 Å². The Morgan fingerprint density at radius 2 is 1.79 bits per heavy atom. The van der Waals surface area contributed by atoms with E-state index in [-0.39, 0.29) is 23.6 Å². The van der Waals surface area contributed by atoms with Crippen molar-refractivity contribution in [2.45, 2.75) is 32.4 Å². The summed E-state index contributed by atoms with van der Waals surface area (Å²) in [6, 6.07) is 10.1. The second kappa shape index (κ2) is 8.69. The first kappa shape index (κ1) is 25.1. The zero-order chi connectivity index (χ0) is 27.8. The van der Waals surface area contributed by atoms with Crippen molar-refractivity contribution in [2.24, 2.45) is 0 Å². The molecule has 0 radical (unpaired) electrons. The topological polar surface area (TPSA) is 128 Å². The number of carbonyl (C=O) groups is 2. The second-order valence-electron chi connectivity index (χ2n) is 9.67. The van der Waals surface area contributed by atoms with Gasteiger partial charge >= 0.3 is 0 Å². The molecule has 2 aliphatic rings. The van der Waals surface area contributed by atoms with Crippen molar-refractivity contribution in [3.05, 3.63) is 75.2 Å². The maximum Gasteiger partial charge on any atom is 0.280 e. The highest BCUT2D eigenvalue weighted by Gasteiger charge is 2.64. The van der Waals surface area contributed by atoms with Crippen LogP contribution in [-0.4, -0.2) is 38.4 Å². The number of aryl methyl sites for hydroxylation is 1. The number of nitrogens with two attached hydrogens (primary N) is 1. The van der Waals surface area contributed by atoms with Gasteiger partial charge in [-0.05, 0) is 50.6 Å². The van der Waals surface area contributed by atoms with Crippen LogP contribution in [0.25, 0.3) is 11.4 Å². The fraction of sp³-hybridized carbons (Fsp3) is 0.222. The molecule has 2 aromatic heterocycles. The van der Waals surface area contributed by atoms with Gasteiger partial charge in [0, 0.05) is 33.5 Å². The van der Waals surface area contributed by atoms with Gasteiger partial charge < -0.3 is 20.4 Å². The van der Waals surface area contributed by atoms with Gasteiger partial charge in [-0.3, -0.25) is 14.5 Å². The van der Waals surface area contributed by atoms with Crippen LogP contribution in [0.3, 0.4) is 0 Å². The van der Waals surface area contributed by atoms with Crippen LogP contribution in [0.2, 0.25) is 10.0 Å². The predicted molar refractivity (Wildman–Crippen MR) is 148 cm³/mol. The number of carbonyl (C=O) groups excluding carboxylic acids is 2. The number of halogens is 2. The van der Waals surface area contributed by atoms with Gasteiger partial charge in [-0.15, -0.1) is 0 Å². The van der Waals surface area contributed by atoms with Gasteiger partial charge in [0.25, 0.3) is 11.8 Å². The van der Waals surface area contributed by atoms with E-state index in [9.17, 15) is 9.59 Å². The third-order valence-corrected chi connectivity index (χ3v) is 7.55. The standard InChI is InChI=1S/C27H23Cl2N7O3/c1-12(2)35-21-20(33-22(35)16-11-31-26(30)34-23(16)39-4)24(37)36(19-10-15(29)6-5-13(19)3)27(21)17-8-7-14(28)9-18(17)32-25(27)38/h5-12H,1-4H3,(H,32,38)(H2,30,31,34)/t27-/m0/s1. The lowest BCUT2D eigenvalue weighted by molar-refractivity contribution is -0.119. The monoisotopic (exact) mass is 563 g/mol. The largest absolute Gasteiger partial charge is 0.480 e. The van der Waals surface area contributed by atoms with Crippen LogP contribution >= 0.6 is 23.2 Å². The minimum Gasteiger partial charge on any atom is -0.480 e. The molecule has 1 spiro atoms. The summed E-state index contributed by atoms with van der Waals surface area (Å²) in [6.07, 6.45) is 1.50. The number of nitrogen functional groups attached to an aromatic ring is 1. The van der Waals surface area contributed by atoms with Crippen LogP contribution in [-0.2, 0) is 10.3 Å². The Hall–Kier alpha value is -4.15. The van der Waals surface area contributed by atoms with Gasteiger partial charge in [-0.25, -0.2) is 9.97 Å². The number of ether oxygens (including phenoxy) is 1. The van der Waals surface area contributed by atoms with Crippen molar-refractivity contribution in [1.82, 2.24) is 19.5 Å². The number of rotatable bonds is 4. The van der Waals surface area contributed by atoms with Gasteiger partial charge in [0.15, 0.2) is 11.2 Å². The van der Waals surface area contributed by atoms with Crippen molar-refractivity contribution in [3.63, 3.8) is 0 Å². The van der Waals surface area contributed by atoms with E-state index in [1.54, 1.807) is 30.3 Å². The fourth-order valence-corrected chi connectivity index (χ4v) is 5.85. The Labute approximate surface area is 233 Å². The molecule has 1 atom stereocenters. The van der Waals surface area contributed by atoms with Gasteiger partial charge in [0.2, 0.25) is 11.8 Å². The molecule has 0 saturated carbocycles. The third-order valence-electron chi connectivity index (χ3n) is 7.08. The third kappa shape index (κ3) is 3.38. The SMILES string of the molecule is COc1nc(N)ncc1-c1nc2c(n1C(C)C)[C@@]1(C(=O)Nc3cc(Cl)ccc31)N(c1cc(Cl)ccc1C)C2=O. The van der Waals surface area contributed by atoms with Gasteiger partial charge in [0.1, 0.15) is 5.82 Å². The molecule has 0 aliphatic carbocycles. The lowest BCUT2D eigenvalue weighted by Crippen LogP contribution is -2.51. The molecule has 198 valence electrons. The molecule has 2 amide bonds. The van der Waals surface area contributed by atoms with Crippen LogP contribution in [0.4, 0.5) is 17.3 Å². The first-order chi connectivity index (χ1) is 18.6. The number of hydrogen-bond acceptors (Lipinski definition) is 7. The Morgan fingerprint density at radius 3 is 2.51 bits per heavy atom. The quantitative estimate of drug-likeness (QED) is 0.358. The Kier molecular flexibility index (Phi) is 5.60. The number of imidazole rings is 1. The highest BCUT2D eigenvalue weighted by atomic mass is 35.5. The molecule has 0 unspecified atom stereocenters. The summed E-state index contributed by atoms with van der Waals surface area (Å²) in [6.45, 7) is 5.74. The van der Waals surface area contributed by atoms with Crippen LogP contribution < -0.4 is 20.7 Å². The van der Waals surface area contributed by atoms with Gasteiger partial charge in [0.05, 0.1) is 24.1 Å². The lowest BCUT2D eigenvalue weighted by Gasteiger charge is -2.36. The number of aromatic nitrogens is 4. The Bertz CT molecular complexity index is 1720. The van der Waals surface area contributed by atoms with Crippen molar-refractivity contribution < 1.29 is 14.3 Å². The molecule has 6 rings (SSSR count). The molecule has 2 aromatic carbocycles. The molecule has 0 saturated heterocycles. The van der Waals surface area contributed by atoms with E-state index in [2.05, 4.69) is 15.3 Å². The summed E-state index contributed by atoms with van der Waals surface area (Å²) in [7, 11) is 1.46. The zero-order valence-corrected chi connectivity index (χ0v) is 22.9. The van der Waals surface area contributed by atoms with Crippen molar-refractivity contribution in [3.8, 4) is 17.3 Å². The maximum atomic E-state index is 14.4. The summed E-state index contributed by atoms with van der Waals surface area (Å²) in [5.41, 5.74) is 7.48. The molecule has 39 heavy (non-hydrogen) atoms. The molecule has 4 heterocycles. The molecule has 12 heteroatoms. The molecule has 3 N–H and O–H groups in total. The first-order valence-electron chi connectivity index (χ1n) is 12.1. The Morgan fingerprint density at radius 1 is 1.08 bits per heavy atom. The van der Waals surface area contributed by atoms with E-state index in [4.69, 9.17) is 38.7 Å². The van der Waals surface area contributed by atoms with Crippen LogP contribution in [0, 0.1) is 6.92 Å².